The van der Waals surface area contributed by atoms with Crippen LogP contribution in [0.15, 0.2) is 42.5 Å². The van der Waals surface area contributed by atoms with E-state index in [1.807, 2.05) is 0 Å². The Bertz CT molecular complexity index is 328. The number of rotatable bonds is 2. The lowest BCUT2D eigenvalue weighted by Gasteiger charge is -2.35. The Kier molecular flexibility index (Phi) is 3.22. The zero-order valence-electron chi connectivity index (χ0n) is 9.56. The predicted octanol–water partition coefficient (Wildman–Crippen LogP) is 3.40. The Balaban J connectivity index is 2.14. The first-order valence-corrected chi connectivity index (χ1v) is 5.74. The van der Waals surface area contributed by atoms with E-state index in [0.717, 1.165) is 6.54 Å². The van der Waals surface area contributed by atoms with E-state index in [4.69, 9.17) is 0 Å². The first-order valence-electron chi connectivity index (χ1n) is 5.74. The molecule has 80 valence electrons. The minimum absolute atomic E-state index is 0.520. The molecule has 0 spiro atoms. The van der Waals surface area contributed by atoms with Gasteiger partial charge in [0.2, 0.25) is 0 Å². The molecule has 0 saturated carbocycles. The molecule has 0 bridgehead atoms. The quantitative estimate of drug-likeness (QED) is 0.663. The largest absolute Gasteiger partial charge is 0.290 e. The van der Waals surface area contributed by atoms with Crippen LogP contribution in [0.1, 0.15) is 31.9 Å². The predicted molar refractivity (Wildman–Crippen MR) is 64.8 cm³/mol. The maximum absolute atomic E-state index is 2.55. The fourth-order valence-corrected chi connectivity index (χ4v) is 2.27. The van der Waals surface area contributed by atoms with Crippen molar-refractivity contribution in [2.45, 2.75) is 32.4 Å². The molecule has 0 amide bonds. The van der Waals surface area contributed by atoms with Crippen molar-refractivity contribution in [3.63, 3.8) is 0 Å². The average molecular weight is 201 g/mol. The van der Waals surface area contributed by atoms with Gasteiger partial charge in [-0.15, -0.1) is 0 Å². The SMILES string of the molecule is C[C@H](c1ccccc1)N1CC=CC[C@@H]1C. The van der Waals surface area contributed by atoms with Crippen LogP contribution in [0.3, 0.4) is 0 Å². The summed E-state index contributed by atoms with van der Waals surface area (Å²) in [7, 11) is 0. The molecular weight excluding hydrogens is 182 g/mol. The molecule has 1 aliphatic rings. The monoisotopic (exact) mass is 201 g/mol. The van der Waals surface area contributed by atoms with Crippen molar-refractivity contribution >= 4 is 0 Å². The van der Waals surface area contributed by atoms with E-state index in [0.29, 0.717) is 12.1 Å². The molecule has 1 nitrogen and oxygen atoms in total. The Labute approximate surface area is 92.4 Å². The molecule has 1 heterocycles. The Morgan fingerprint density at radius 3 is 2.60 bits per heavy atom. The highest BCUT2D eigenvalue weighted by molar-refractivity contribution is 5.19. The molecule has 0 N–H and O–H groups in total. The topological polar surface area (TPSA) is 3.24 Å². The Morgan fingerprint density at radius 2 is 1.93 bits per heavy atom. The fraction of sp³-hybridized carbons (Fsp3) is 0.429. The van der Waals surface area contributed by atoms with Crippen molar-refractivity contribution in [2.75, 3.05) is 6.54 Å². The van der Waals surface area contributed by atoms with Crippen LogP contribution >= 0.6 is 0 Å². The first kappa shape index (κ1) is 10.4. The molecule has 0 aromatic heterocycles. The number of hydrogen-bond donors (Lipinski definition) is 0. The van der Waals surface area contributed by atoms with E-state index in [9.17, 15) is 0 Å². The van der Waals surface area contributed by atoms with Gasteiger partial charge in [0, 0.05) is 18.6 Å². The maximum atomic E-state index is 2.55. The van der Waals surface area contributed by atoms with Crippen LogP contribution in [-0.4, -0.2) is 17.5 Å². The molecule has 2 atom stereocenters. The van der Waals surface area contributed by atoms with E-state index in [1.165, 1.54) is 12.0 Å². The van der Waals surface area contributed by atoms with E-state index >= 15 is 0 Å². The summed E-state index contributed by atoms with van der Waals surface area (Å²) >= 11 is 0. The molecule has 0 radical (unpaired) electrons. The van der Waals surface area contributed by atoms with Crippen LogP contribution < -0.4 is 0 Å². The summed E-state index contributed by atoms with van der Waals surface area (Å²) < 4.78 is 0. The molecule has 2 rings (SSSR count). The molecule has 0 unspecified atom stereocenters. The smallest absolute Gasteiger partial charge is 0.0326 e. The van der Waals surface area contributed by atoms with Crippen molar-refractivity contribution < 1.29 is 0 Å². The zero-order valence-corrected chi connectivity index (χ0v) is 9.56. The Morgan fingerprint density at radius 1 is 1.20 bits per heavy atom. The fourth-order valence-electron chi connectivity index (χ4n) is 2.27. The zero-order chi connectivity index (χ0) is 10.7. The molecule has 0 aliphatic carbocycles. The molecule has 1 heteroatoms. The summed E-state index contributed by atoms with van der Waals surface area (Å²) in [6.07, 6.45) is 5.75. The second kappa shape index (κ2) is 4.63. The van der Waals surface area contributed by atoms with E-state index < -0.39 is 0 Å². The van der Waals surface area contributed by atoms with Crippen molar-refractivity contribution in [3.05, 3.63) is 48.0 Å². The van der Waals surface area contributed by atoms with Crippen molar-refractivity contribution in [2.24, 2.45) is 0 Å². The second-order valence-electron chi connectivity index (χ2n) is 4.34. The second-order valence-corrected chi connectivity index (χ2v) is 4.34. The van der Waals surface area contributed by atoms with Gasteiger partial charge in [-0.05, 0) is 25.8 Å². The Hall–Kier alpha value is -1.08. The van der Waals surface area contributed by atoms with Crippen LogP contribution in [0, 0.1) is 0 Å². The molecule has 15 heavy (non-hydrogen) atoms. The lowest BCUT2D eigenvalue weighted by Crippen LogP contribution is -2.37. The number of hydrogen-bond acceptors (Lipinski definition) is 1. The summed E-state index contributed by atoms with van der Waals surface area (Å²) in [5, 5.41) is 0. The highest BCUT2D eigenvalue weighted by atomic mass is 15.2. The van der Waals surface area contributed by atoms with Crippen LogP contribution in [0.4, 0.5) is 0 Å². The van der Waals surface area contributed by atoms with Gasteiger partial charge in [0.1, 0.15) is 0 Å². The van der Waals surface area contributed by atoms with Gasteiger partial charge in [0.15, 0.2) is 0 Å². The van der Waals surface area contributed by atoms with Crippen LogP contribution in [-0.2, 0) is 0 Å². The highest BCUT2D eigenvalue weighted by Crippen LogP contribution is 2.25. The highest BCUT2D eigenvalue weighted by Gasteiger charge is 2.21. The molecule has 0 fully saturated rings. The van der Waals surface area contributed by atoms with E-state index in [-0.39, 0.29) is 0 Å². The summed E-state index contributed by atoms with van der Waals surface area (Å²) in [6.45, 7) is 5.69. The lowest BCUT2D eigenvalue weighted by atomic mass is 10.0. The minimum Gasteiger partial charge on any atom is -0.290 e. The lowest BCUT2D eigenvalue weighted by molar-refractivity contribution is 0.166. The molecule has 1 aromatic rings. The molecule has 1 aliphatic heterocycles. The van der Waals surface area contributed by atoms with Gasteiger partial charge in [0.25, 0.3) is 0 Å². The van der Waals surface area contributed by atoms with Gasteiger partial charge in [-0.25, -0.2) is 0 Å². The maximum Gasteiger partial charge on any atom is 0.0326 e. The summed E-state index contributed by atoms with van der Waals surface area (Å²) in [4.78, 5) is 2.55. The minimum atomic E-state index is 0.520. The van der Waals surface area contributed by atoms with Crippen LogP contribution in [0.25, 0.3) is 0 Å². The number of benzene rings is 1. The molecule has 0 saturated heterocycles. The van der Waals surface area contributed by atoms with Gasteiger partial charge in [-0.1, -0.05) is 42.5 Å². The third-order valence-electron chi connectivity index (χ3n) is 3.31. The molecule has 1 aromatic carbocycles. The summed E-state index contributed by atoms with van der Waals surface area (Å²) in [6, 6.07) is 11.9. The molecular formula is C14H19N. The van der Waals surface area contributed by atoms with Gasteiger partial charge in [0.05, 0.1) is 0 Å². The standard InChI is InChI=1S/C14H19N/c1-12-8-6-7-11-15(12)13(2)14-9-4-3-5-10-14/h3-7,9-10,12-13H,8,11H2,1-2H3/t12-,13+/m0/s1. The van der Waals surface area contributed by atoms with E-state index in [2.05, 4.69) is 61.2 Å². The van der Waals surface area contributed by atoms with Gasteiger partial charge in [-0.3, -0.25) is 4.90 Å². The summed E-state index contributed by atoms with van der Waals surface area (Å²) in [5.74, 6) is 0. The van der Waals surface area contributed by atoms with Crippen LogP contribution in [0.5, 0.6) is 0 Å². The number of nitrogens with zero attached hydrogens (tertiary/aromatic N) is 1. The average Bonchev–Trinajstić information content (AvgIpc) is 2.30. The van der Waals surface area contributed by atoms with Crippen molar-refractivity contribution in [1.82, 2.24) is 4.90 Å². The van der Waals surface area contributed by atoms with Gasteiger partial charge >= 0.3 is 0 Å². The third-order valence-corrected chi connectivity index (χ3v) is 3.31. The van der Waals surface area contributed by atoms with Gasteiger partial charge < -0.3 is 0 Å². The van der Waals surface area contributed by atoms with Crippen LogP contribution in [0.2, 0.25) is 0 Å². The van der Waals surface area contributed by atoms with E-state index in [1.54, 1.807) is 0 Å². The van der Waals surface area contributed by atoms with Gasteiger partial charge in [-0.2, -0.15) is 0 Å². The summed E-state index contributed by atoms with van der Waals surface area (Å²) in [5.41, 5.74) is 1.42. The first-order chi connectivity index (χ1) is 7.29. The van der Waals surface area contributed by atoms with Crippen molar-refractivity contribution in [3.8, 4) is 0 Å². The third kappa shape index (κ3) is 2.29. The van der Waals surface area contributed by atoms with Crippen molar-refractivity contribution in [1.29, 1.82) is 0 Å². The normalized spacial score (nSPS) is 24.0.